The molecule has 1 aromatic carbocycles. The summed E-state index contributed by atoms with van der Waals surface area (Å²) in [7, 11) is 4.62. The van der Waals surface area contributed by atoms with Gasteiger partial charge in [0.2, 0.25) is 5.91 Å². The highest BCUT2D eigenvalue weighted by Crippen LogP contribution is 2.21. The van der Waals surface area contributed by atoms with Crippen molar-refractivity contribution in [1.82, 2.24) is 10.6 Å². The fourth-order valence-corrected chi connectivity index (χ4v) is 3.71. The van der Waals surface area contributed by atoms with Gasteiger partial charge in [0.1, 0.15) is 11.8 Å². The molecule has 3 aliphatic rings. The standard InChI is InChI=1S/C11H11NO4.C8H11NO4.C7H10O4/c1-15-8-4-2-7(3-5-8)6-9-10(13)16-11(14)12-9;1-9-6(10)3-2-5-4-7(11)13-8(5)12;1-4(10-2)5-3-6(8)11-7(5)9/h2-5,9H,6H2,1H3,(H,12,14);5H,2-4H2,1H3,(H,9,10);4-5H,3H2,1-2H3. The zero-order valence-electron chi connectivity index (χ0n) is 22.6. The third-order valence-corrected chi connectivity index (χ3v) is 6.17. The second-order valence-electron chi connectivity index (χ2n) is 8.91. The molecule has 2 amide bonds. The molecule has 14 nitrogen and oxygen atoms in total. The maximum Gasteiger partial charge on any atom is 0.415 e. The summed E-state index contributed by atoms with van der Waals surface area (Å²) in [6.45, 7) is 1.74. The fraction of sp³-hybridized carbons (Fsp3) is 0.500. The van der Waals surface area contributed by atoms with E-state index in [0.29, 0.717) is 12.8 Å². The van der Waals surface area contributed by atoms with Crippen LogP contribution in [0.3, 0.4) is 0 Å². The van der Waals surface area contributed by atoms with E-state index in [2.05, 4.69) is 24.8 Å². The summed E-state index contributed by atoms with van der Waals surface area (Å²) in [5.74, 6) is -2.67. The van der Waals surface area contributed by atoms with Crippen LogP contribution < -0.4 is 15.4 Å². The lowest BCUT2D eigenvalue weighted by Crippen LogP contribution is -2.30. The lowest BCUT2D eigenvalue weighted by molar-refractivity contribution is -0.155. The van der Waals surface area contributed by atoms with Gasteiger partial charge in [-0.3, -0.25) is 24.0 Å². The molecule has 2 N–H and O–H groups in total. The molecule has 4 unspecified atom stereocenters. The minimum absolute atomic E-state index is 0.107. The Balaban J connectivity index is 0.000000214. The highest BCUT2D eigenvalue weighted by atomic mass is 16.6. The number of hydrogen-bond acceptors (Lipinski definition) is 12. The van der Waals surface area contributed by atoms with Gasteiger partial charge in [0.05, 0.1) is 37.9 Å². The molecule has 3 fully saturated rings. The summed E-state index contributed by atoms with van der Waals surface area (Å²) in [5.41, 5.74) is 0.935. The van der Waals surface area contributed by atoms with Gasteiger partial charge in [0.25, 0.3) is 0 Å². The quantitative estimate of drug-likeness (QED) is 0.254. The lowest BCUT2D eigenvalue weighted by atomic mass is 10.0. The van der Waals surface area contributed by atoms with Crippen LogP contribution >= 0.6 is 0 Å². The Morgan fingerprint density at radius 1 is 0.950 bits per heavy atom. The van der Waals surface area contributed by atoms with Gasteiger partial charge in [0.15, 0.2) is 0 Å². The number of carbonyl (C=O) groups is 7. The highest BCUT2D eigenvalue weighted by molar-refractivity contribution is 5.96. The van der Waals surface area contributed by atoms with Crippen LogP contribution in [0.25, 0.3) is 0 Å². The molecule has 4 atom stereocenters. The fourth-order valence-electron chi connectivity index (χ4n) is 3.71. The summed E-state index contributed by atoms with van der Waals surface area (Å²) < 4.78 is 23.0. The van der Waals surface area contributed by atoms with E-state index >= 15 is 0 Å². The van der Waals surface area contributed by atoms with E-state index in [1.54, 1.807) is 26.2 Å². The van der Waals surface area contributed by atoms with Crippen molar-refractivity contribution in [3.8, 4) is 5.75 Å². The van der Waals surface area contributed by atoms with Crippen LogP contribution in [0.15, 0.2) is 24.3 Å². The Labute approximate surface area is 230 Å². The number of carbonyl (C=O) groups excluding carboxylic acids is 7. The SMILES string of the molecule is CNC(=O)CCC1CC(=O)OC1=O.COC(C)C1CC(=O)OC1=O.COc1ccc(CC2NC(=O)OC2=O)cc1. The molecule has 0 radical (unpaired) electrons. The number of benzene rings is 1. The van der Waals surface area contributed by atoms with Crippen molar-refractivity contribution in [3.63, 3.8) is 0 Å². The largest absolute Gasteiger partial charge is 0.497 e. The van der Waals surface area contributed by atoms with Crippen LogP contribution in [0.4, 0.5) is 4.79 Å². The van der Waals surface area contributed by atoms with Crippen molar-refractivity contribution in [2.24, 2.45) is 11.8 Å². The monoisotopic (exact) mass is 564 g/mol. The highest BCUT2D eigenvalue weighted by Gasteiger charge is 2.37. The van der Waals surface area contributed by atoms with Crippen LogP contribution in [0.5, 0.6) is 5.75 Å². The number of ether oxygens (including phenoxy) is 5. The number of rotatable bonds is 8. The molecule has 3 saturated heterocycles. The number of cyclic esters (lactones) is 6. The Kier molecular flexibility index (Phi) is 12.2. The van der Waals surface area contributed by atoms with Gasteiger partial charge >= 0.3 is 35.9 Å². The Morgan fingerprint density at radius 2 is 1.57 bits per heavy atom. The van der Waals surface area contributed by atoms with Crippen LogP contribution in [-0.2, 0) is 54.1 Å². The zero-order chi connectivity index (χ0) is 29.8. The molecule has 0 aliphatic carbocycles. The van der Waals surface area contributed by atoms with Gasteiger partial charge in [-0.2, -0.15) is 0 Å². The molecular formula is C26H32N2O12. The van der Waals surface area contributed by atoms with E-state index in [1.807, 2.05) is 12.1 Å². The van der Waals surface area contributed by atoms with Crippen molar-refractivity contribution in [1.29, 1.82) is 0 Å². The average molecular weight is 565 g/mol. The minimum Gasteiger partial charge on any atom is -0.497 e. The summed E-state index contributed by atoms with van der Waals surface area (Å²) in [4.78, 5) is 75.8. The average Bonchev–Trinajstić information content (AvgIpc) is 3.56. The van der Waals surface area contributed by atoms with E-state index in [1.165, 1.54) is 14.2 Å². The van der Waals surface area contributed by atoms with E-state index in [9.17, 15) is 33.6 Å². The topological polar surface area (TPSA) is 190 Å². The second kappa shape index (κ2) is 15.3. The molecule has 0 saturated carbocycles. The molecule has 14 heteroatoms. The van der Waals surface area contributed by atoms with Crippen molar-refractivity contribution < 1.29 is 57.2 Å². The van der Waals surface area contributed by atoms with Crippen molar-refractivity contribution in [3.05, 3.63) is 29.8 Å². The Bertz CT molecular complexity index is 1120. The smallest absolute Gasteiger partial charge is 0.415 e. The van der Waals surface area contributed by atoms with Crippen LogP contribution in [0.2, 0.25) is 0 Å². The molecular weight excluding hydrogens is 532 g/mol. The zero-order valence-corrected chi connectivity index (χ0v) is 22.6. The van der Waals surface area contributed by atoms with E-state index < -0.39 is 53.8 Å². The second-order valence-corrected chi connectivity index (χ2v) is 8.91. The van der Waals surface area contributed by atoms with E-state index in [0.717, 1.165) is 11.3 Å². The van der Waals surface area contributed by atoms with Gasteiger partial charge in [-0.05, 0) is 31.0 Å². The molecule has 1 aromatic rings. The molecule has 0 spiro atoms. The first kappa shape index (κ1) is 31.9. The number of hydrogen-bond donors (Lipinski definition) is 2. The third kappa shape index (κ3) is 9.76. The maximum absolute atomic E-state index is 11.2. The number of esters is 5. The van der Waals surface area contributed by atoms with Gasteiger partial charge in [-0.25, -0.2) is 9.59 Å². The van der Waals surface area contributed by atoms with Gasteiger partial charge < -0.3 is 34.3 Å². The molecule has 3 aliphatic heterocycles. The summed E-state index contributed by atoms with van der Waals surface area (Å²) in [5, 5.41) is 4.88. The minimum atomic E-state index is -0.677. The predicted octanol–water partition coefficient (Wildman–Crippen LogP) is 0.586. The summed E-state index contributed by atoms with van der Waals surface area (Å²) in [6, 6.07) is 6.71. The molecule has 218 valence electrons. The van der Waals surface area contributed by atoms with Gasteiger partial charge in [0, 0.05) is 27.0 Å². The number of amides is 2. The molecule has 0 aromatic heterocycles. The normalized spacial score (nSPS) is 22.1. The van der Waals surface area contributed by atoms with Gasteiger partial charge in [-0.1, -0.05) is 12.1 Å². The third-order valence-electron chi connectivity index (χ3n) is 6.17. The molecule has 40 heavy (non-hydrogen) atoms. The number of alkyl carbamates (subject to hydrolysis) is 1. The maximum atomic E-state index is 11.2. The number of nitrogens with one attached hydrogen (secondary N) is 2. The van der Waals surface area contributed by atoms with Crippen molar-refractivity contribution in [2.75, 3.05) is 21.3 Å². The van der Waals surface area contributed by atoms with E-state index in [-0.39, 0.29) is 31.3 Å². The Hall–Kier alpha value is -4.33. The summed E-state index contributed by atoms with van der Waals surface area (Å²) >= 11 is 0. The van der Waals surface area contributed by atoms with Crippen molar-refractivity contribution in [2.45, 2.75) is 51.2 Å². The number of methoxy groups -OCH3 is 2. The lowest BCUT2D eigenvalue weighted by Gasteiger charge is -2.11. The first-order chi connectivity index (χ1) is 19.0. The van der Waals surface area contributed by atoms with E-state index in [4.69, 9.17) is 9.47 Å². The van der Waals surface area contributed by atoms with Gasteiger partial charge in [-0.15, -0.1) is 0 Å². The molecule has 4 rings (SSSR count). The van der Waals surface area contributed by atoms with Crippen LogP contribution in [0, 0.1) is 11.8 Å². The molecule has 0 bridgehead atoms. The predicted molar refractivity (Wildman–Crippen MR) is 133 cm³/mol. The van der Waals surface area contributed by atoms with Crippen molar-refractivity contribution >= 4 is 41.8 Å². The Morgan fingerprint density at radius 3 is 2.02 bits per heavy atom. The van der Waals surface area contributed by atoms with Crippen LogP contribution in [0.1, 0.15) is 38.2 Å². The summed E-state index contributed by atoms with van der Waals surface area (Å²) in [6.07, 6.45) is 0.393. The van der Waals surface area contributed by atoms with Crippen LogP contribution in [-0.4, -0.2) is 75.3 Å². The first-order valence-electron chi connectivity index (χ1n) is 12.3. The first-order valence-corrected chi connectivity index (χ1v) is 12.3. The molecule has 3 heterocycles.